The molecule has 2 nitrogen and oxygen atoms in total. The fraction of sp³-hybridized carbons (Fsp3) is 0.0714. The summed E-state index contributed by atoms with van der Waals surface area (Å²) >= 11 is 11.6. The first-order valence-electron chi connectivity index (χ1n) is 5.25. The second-order valence-electron chi connectivity index (χ2n) is 3.68. The van der Waals surface area contributed by atoms with Gasteiger partial charge in [-0.25, -0.2) is 0 Å². The Hall–Kier alpha value is -1.51. The fourth-order valence-electron chi connectivity index (χ4n) is 1.61. The third kappa shape index (κ3) is 2.66. The fourth-order valence-corrected chi connectivity index (χ4v) is 1.90. The van der Waals surface area contributed by atoms with Gasteiger partial charge in [-0.1, -0.05) is 23.2 Å². The van der Waals surface area contributed by atoms with E-state index >= 15 is 0 Å². The second kappa shape index (κ2) is 5.42. The summed E-state index contributed by atoms with van der Waals surface area (Å²) in [6.45, 7) is 0. The van der Waals surface area contributed by atoms with Crippen molar-refractivity contribution < 1.29 is 9.53 Å². The van der Waals surface area contributed by atoms with E-state index in [0.717, 1.165) is 0 Å². The molecule has 0 aliphatic rings. The number of rotatable bonds is 3. The molecule has 0 spiro atoms. The van der Waals surface area contributed by atoms with Crippen molar-refractivity contribution in [1.29, 1.82) is 0 Å². The third-order valence-corrected chi connectivity index (χ3v) is 3.00. The predicted octanol–water partition coefficient (Wildman–Crippen LogP) is 4.23. The van der Waals surface area contributed by atoms with Crippen molar-refractivity contribution in [3.8, 4) is 5.75 Å². The summed E-state index contributed by atoms with van der Waals surface area (Å²) in [6, 6.07) is 11.6. The highest BCUT2D eigenvalue weighted by Crippen LogP contribution is 2.25. The molecule has 0 fully saturated rings. The lowest BCUT2D eigenvalue weighted by Gasteiger charge is -2.08. The minimum Gasteiger partial charge on any atom is -0.496 e. The van der Waals surface area contributed by atoms with Crippen molar-refractivity contribution in [3.05, 3.63) is 63.6 Å². The van der Waals surface area contributed by atoms with Crippen molar-refractivity contribution in [1.82, 2.24) is 0 Å². The topological polar surface area (TPSA) is 26.3 Å². The molecule has 0 aliphatic heterocycles. The van der Waals surface area contributed by atoms with E-state index in [1.165, 1.54) is 7.11 Å². The van der Waals surface area contributed by atoms with Gasteiger partial charge in [0.25, 0.3) is 0 Å². The van der Waals surface area contributed by atoms with Gasteiger partial charge >= 0.3 is 0 Å². The van der Waals surface area contributed by atoms with Gasteiger partial charge in [0.2, 0.25) is 0 Å². The number of carbonyl (C=O) groups excluding carboxylic acids is 1. The van der Waals surface area contributed by atoms with Gasteiger partial charge in [0.1, 0.15) is 5.75 Å². The summed E-state index contributed by atoms with van der Waals surface area (Å²) in [7, 11) is 1.50. The maximum atomic E-state index is 12.3. The van der Waals surface area contributed by atoms with Crippen LogP contribution in [0.1, 0.15) is 15.9 Å². The van der Waals surface area contributed by atoms with Crippen LogP contribution in [0.15, 0.2) is 42.5 Å². The number of carbonyl (C=O) groups is 1. The summed E-state index contributed by atoms with van der Waals surface area (Å²) in [4.78, 5) is 12.3. The summed E-state index contributed by atoms with van der Waals surface area (Å²) in [6.07, 6.45) is 0. The maximum absolute atomic E-state index is 12.3. The average molecular weight is 281 g/mol. The van der Waals surface area contributed by atoms with E-state index in [0.29, 0.717) is 26.9 Å². The molecule has 0 aromatic heterocycles. The molecule has 2 rings (SSSR count). The molecule has 0 atom stereocenters. The molecule has 0 heterocycles. The zero-order valence-electron chi connectivity index (χ0n) is 9.61. The second-order valence-corrected chi connectivity index (χ2v) is 4.55. The highest BCUT2D eigenvalue weighted by Gasteiger charge is 2.14. The quantitative estimate of drug-likeness (QED) is 0.787. The van der Waals surface area contributed by atoms with E-state index in [-0.39, 0.29) is 5.78 Å². The number of halogens is 2. The molecule has 2 aromatic rings. The van der Waals surface area contributed by atoms with Crippen LogP contribution in [0.5, 0.6) is 5.75 Å². The summed E-state index contributed by atoms with van der Waals surface area (Å²) in [5.74, 6) is 0.336. The highest BCUT2D eigenvalue weighted by molar-refractivity contribution is 6.31. The van der Waals surface area contributed by atoms with Gasteiger partial charge < -0.3 is 4.74 Å². The zero-order valence-corrected chi connectivity index (χ0v) is 11.1. The van der Waals surface area contributed by atoms with Gasteiger partial charge in [0, 0.05) is 15.6 Å². The molecule has 4 heteroatoms. The van der Waals surface area contributed by atoms with E-state index in [9.17, 15) is 4.79 Å². The highest BCUT2D eigenvalue weighted by atomic mass is 35.5. The molecule has 0 N–H and O–H groups in total. The van der Waals surface area contributed by atoms with Crippen LogP contribution in [0.3, 0.4) is 0 Å². The maximum Gasteiger partial charge on any atom is 0.196 e. The molecular weight excluding hydrogens is 271 g/mol. The molecule has 0 bridgehead atoms. The number of hydrogen-bond donors (Lipinski definition) is 0. The van der Waals surface area contributed by atoms with Gasteiger partial charge in [0.15, 0.2) is 5.78 Å². The van der Waals surface area contributed by atoms with Crippen LogP contribution >= 0.6 is 23.2 Å². The molecule has 0 aliphatic carbocycles. The first-order valence-corrected chi connectivity index (χ1v) is 6.01. The predicted molar refractivity (Wildman–Crippen MR) is 72.9 cm³/mol. The van der Waals surface area contributed by atoms with Crippen LogP contribution in [-0.2, 0) is 0 Å². The summed E-state index contributed by atoms with van der Waals surface area (Å²) in [5, 5.41) is 1.12. The number of ketones is 1. The molecule has 18 heavy (non-hydrogen) atoms. The Balaban J connectivity index is 2.42. The van der Waals surface area contributed by atoms with Gasteiger partial charge in [0.05, 0.1) is 12.7 Å². The summed E-state index contributed by atoms with van der Waals surface area (Å²) < 4.78 is 5.16. The Bertz CT molecular complexity index is 577. The van der Waals surface area contributed by atoms with Crippen LogP contribution in [0, 0.1) is 0 Å². The lowest BCUT2D eigenvalue weighted by Crippen LogP contribution is -2.03. The van der Waals surface area contributed by atoms with Gasteiger partial charge in [-0.3, -0.25) is 4.79 Å². The van der Waals surface area contributed by atoms with Gasteiger partial charge in [-0.05, 0) is 42.5 Å². The first kappa shape index (κ1) is 12.9. The molecule has 0 saturated carbocycles. The molecule has 0 unspecified atom stereocenters. The van der Waals surface area contributed by atoms with Crippen molar-refractivity contribution >= 4 is 29.0 Å². The van der Waals surface area contributed by atoms with Crippen molar-refractivity contribution in [2.75, 3.05) is 7.11 Å². The van der Waals surface area contributed by atoms with Crippen molar-refractivity contribution in [3.63, 3.8) is 0 Å². The Morgan fingerprint density at radius 3 is 2.22 bits per heavy atom. The third-order valence-electron chi connectivity index (χ3n) is 2.51. The van der Waals surface area contributed by atoms with E-state index < -0.39 is 0 Å². The minimum absolute atomic E-state index is 0.125. The van der Waals surface area contributed by atoms with E-state index in [2.05, 4.69) is 0 Å². The van der Waals surface area contributed by atoms with Crippen LogP contribution in [0.25, 0.3) is 0 Å². The van der Waals surface area contributed by atoms with Crippen LogP contribution in [0.2, 0.25) is 10.0 Å². The van der Waals surface area contributed by atoms with Gasteiger partial charge in [-0.15, -0.1) is 0 Å². The Labute approximate surface area is 115 Å². The standard InChI is InChI=1S/C14H10Cl2O2/c1-18-13-8-11(16)6-7-12(13)14(17)9-2-4-10(15)5-3-9/h2-8H,1H3. The average Bonchev–Trinajstić information content (AvgIpc) is 2.38. The van der Waals surface area contributed by atoms with Crippen LogP contribution < -0.4 is 4.74 Å². The normalized spacial score (nSPS) is 10.2. The van der Waals surface area contributed by atoms with Crippen molar-refractivity contribution in [2.24, 2.45) is 0 Å². The Kier molecular flexibility index (Phi) is 3.90. The molecular formula is C14H10Cl2O2. The molecule has 0 radical (unpaired) electrons. The monoisotopic (exact) mass is 280 g/mol. The SMILES string of the molecule is COc1cc(Cl)ccc1C(=O)c1ccc(Cl)cc1. The molecule has 0 saturated heterocycles. The lowest BCUT2D eigenvalue weighted by molar-refractivity contribution is 0.103. The van der Waals surface area contributed by atoms with Gasteiger partial charge in [-0.2, -0.15) is 0 Å². The van der Waals surface area contributed by atoms with Crippen LogP contribution in [0.4, 0.5) is 0 Å². The van der Waals surface area contributed by atoms with Crippen LogP contribution in [-0.4, -0.2) is 12.9 Å². The number of methoxy groups -OCH3 is 1. The number of ether oxygens (including phenoxy) is 1. The Morgan fingerprint density at radius 2 is 1.61 bits per heavy atom. The lowest BCUT2D eigenvalue weighted by atomic mass is 10.0. The van der Waals surface area contributed by atoms with E-state index in [4.69, 9.17) is 27.9 Å². The number of benzene rings is 2. The molecule has 0 amide bonds. The smallest absolute Gasteiger partial charge is 0.196 e. The zero-order chi connectivity index (χ0) is 13.1. The number of hydrogen-bond acceptors (Lipinski definition) is 2. The summed E-state index contributed by atoms with van der Waals surface area (Å²) in [5.41, 5.74) is 1.03. The van der Waals surface area contributed by atoms with E-state index in [1.807, 2.05) is 0 Å². The molecule has 92 valence electrons. The van der Waals surface area contributed by atoms with E-state index in [1.54, 1.807) is 42.5 Å². The molecule has 2 aromatic carbocycles. The first-order chi connectivity index (χ1) is 8.61. The Morgan fingerprint density at radius 1 is 1.00 bits per heavy atom. The largest absolute Gasteiger partial charge is 0.496 e. The minimum atomic E-state index is -0.125. The van der Waals surface area contributed by atoms with Crippen molar-refractivity contribution in [2.45, 2.75) is 0 Å².